The molecule has 0 spiro atoms. The van der Waals surface area contributed by atoms with Crippen molar-refractivity contribution in [1.82, 2.24) is 15.6 Å². The molecule has 0 aliphatic heterocycles. The lowest BCUT2D eigenvalue weighted by atomic mass is 10.2. The number of aryl methyl sites for hydroxylation is 2. The van der Waals surface area contributed by atoms with Crippen molar-refractivity contribution in [2.45, 2.75) is 46.1 Å². The summed E-state index contributed by atoms with van der Waals surface area (Å²) in [5, 5.41) is 13.1. The van der Waals surface area contributed by atoms with Crippen molar-refractivity contribution in [2.24, 2.45) is 0 Å². The Morgan fingerprint density at radius 3 is 2.43 bits per heavy atom. The van der Waals surface area contributed by atoms with Crippen LogP contribution < -0.4 is 10.6 Å². The van der Waals surface area contributed by atoms with E-state index in [1.165, 1.54) is 0 Å². The molecule has 0 aliphatic carbocycles. The number of oxazole rings is 1. The number of rotatable bonds is 7. The summed E-state index contributed by atoms with van der Waals surface area (Å²) in [4.78, 5) is 37.2. The molecule has 8 nitrogen and oxygen atoms in total. The van der Waals surface area contributed by atoms with Crippen molar-refractivity contribution < 1.29 is 23.9 Å². The van der Waals surface area contributed by atoms with Gasteiger partial charge in [-0.15, -0.1) is 0 Å². The third kappa shape index (κ3) is 6.55. The highest BCUT2D eigenvalue weighted by Gasteiger charge is 2.10. The number of hydrogen-bond donors (Lipinski definition) is 3. The van der Waals surface area contributed by atoms with Gasteiger partial charge < -0.3 is 14.8 Å². The first kappa shape index (κ1) is 16.7. The summed E-state index contributed by atoms with van der Waals surface area (Å²) in [5.74, 6) is -0.293. The number of amides is 3. The van der Waals surface area contributed by atoms with Crippen molar-refractivity contribution in [3.05, 3.63) is 17.3 Å². The lowest BCUT2D eigenvalue weighted by molar-refractivity contribution is -0.137. The summed E-state index contributed by atoms with van der Waals surface area (Å²) < 4.78 is 5.28. The van der Waals surface area contributed by atoms with Crippen LogP contribution in [0.1, 0.15) is 43.0 Å². The van der Waals surface area contributed by atoms with Crippen LogP contribution >= 0.6 is 0 Å². The van der Waals surface area contributed by atoms with Gasteiger partial charge in [0.2, 0.25) is 11.8 Å². The van der Waals surface area contributed by atoms with Gasteiger partial charge in [0.1, 0.15) is 5.76 Å². The predicted molar refractivity (Wildman–Crippen MR) is 72.5 cm³/mol. The second-order valence-electron chi connectivity index (χ2n) is 4.58. The second kappa shape index (κ2) is 8.03. The second-order valence-corrected chi connectivity index (χ2v) is 4.58. The zero-order valence-corrected chi connectivity index (χ0v) is 12.1. The maximum Gasteiger partial charge on any atom is 0.321 e. The third-order valence-corrected chi connectivity index (χ3v) is 2.77. The number of imide groups is 1. The van der Waals surface area contributed by atoms with Crippen LogP contribution in [0.4, 0.5) is 4.79 Å². The molecule has 1 aromatic rings. The van der Waals surface area contributed by atoms with Gasteiger partial charge in [0.15, 0.2) is 0 Å². The van der Waals surface area contributed by atoms with Crippen LogP contribution in [0.3, 0.4) is 0 Å². The number of aromatic nitrogens is 1. The van der Waals surface area contributed by atoms with Crippen LogP contribution in [-0.4, -0.2) is 28.0 Å². The number of hydrogen-bond acceptors (Lipinski definition) is 5. The Bertz CT molecular complexity index is 504. The first-order valence-electron chi connectivity index (χ1n) is 6.61. The van der Waals surface area contributed by atoms with E-state index < -0.39 is 17.9 Å². The van der Waals surface area contributed by atoms with Crippen molar-refractivity contribution >= 4 is 17.9 Å². The van der Waals surface area contributed by atoms with Crippen molar-refractivity contribution in [2.75, 3.05) is 0 Å². The summed E-state index contributed by atoms with van der Waals surface area (Å²) in [6.07, 6.45) is 0.947. The molecule has 0 unspecified atom stereocenters. The van der Waals surface area contributed by atoms with Gasteiger partial charge in [-0.1, -0.05) is 0 Å². The number of nitrogens with one attached hydrogen (secondary N) is 2. The highest BCUT2D eigenvalue weighted by atomic mass is 16.4. The minimum absolute atomic E-state index is 0.0162. The third-order valence-electron chi connectivity index (χ3n) is 2.77. The number of aliphatic carboxylic acids is 1. The van der Waals surface area contributed by atoms with Gasteiger partial charge in [-0.05, 0) is 26.7 Å². The number of unbranched alkanes of at least 4 members (excludes halogenated alkanes) is 1. The molecule has 3 amide bonds. The quantitative estimate of drug-likeness (QED) is 0.651. The van der Waals surface area contributed by atoms with E-state index in [1.807, 2.05) is 0 Å². The smallest absolute Gasteiger partial charge is 0.321 e. The Kier molecular flexibility index (Phi) is 6.38. The van der Waals surface area contributed by atoms with E-state index in [0.717, 1.165) is 5.69 Å². The fraction of sp³-hybridized carbons (Fsp3) is 0.538. The molecule has 1 aromatic heterocycles. The minimum Gasteiger partial charge on any atom is -0.481 e. The van der Waals surface area contributed by atoms with E-state index >= 15 is 0 Å². The molecule has 21 heavy (non-hydrogen) atoms. The van der Waals surface area contributed by atoms with E-state index in [0.29, 0.717) is 24.5 Å². The molecule has 1 rings (SSSR count). The van der Waals surface area contributed by atoms with E-state index in [4.69, 9.17) is 9.52 Å². The van der Waals surface area contributed by atoms with Crippen LogP contribution in [0.15, 0.2) is 4.42 Å². The monoisotopic (exact) mass is 297 g/mol. The highest BCUT2D eigenvalue weighted by Crippen LogP contribution is 2.07. The molecule has 0 aromatic carbocycles. The molecule has 116 valence electrons. The SMILES string of the molecule is Cc1nc(CNC(=O)NC(=O)CCCCC(=O)O)oc1C. The molecule has 8 heteroatoms. The fourth-order valence-corrected chi connectivity index (χ4v) is 1.57. The van der Waals surface area contributed by atoms with Crippen LogP contribution in [0, 0.1) is 13.8 Å². The zero-order chi connectivity index (χ0) is 15.8. The number of carbonyl (C=O) groups is 3. The Balaban J connectivity index is 2.20. The van der Waals surface area contributed by atoms with Crippen LogP contribution in [0.5, 0.6) is 0 Å². The molecule has 0 atom stereocenters. The summed E-state index contributed by atoms with van der Waals surface area (Å²) in [5.41, 5.74) is 0.752. The van der Waals surface area contributed by atoms with E-state index in [9.17, 15) is 14.4 Å². The average molecular weight is 297 g/mol. The Hall–Kier alpha value is -2.38. The Morgan fingerprint density at radius 1 is 1.19 bits per heavy atom. The van der Waals surface area contributed by atoms with Crippen LogP contribution in [0.25, 0.3) is 0 Å². The molecule has 0 bridgehead atoms. The maximum absolute atomic E-state index is 11.5. The molecule has 1 heterocycles. The van der Waals surface area contributed by atoms with Gasteiger partial charge in [0, 0.05) is 12.8 Å². The Labute approximate surface area is 121 Å². The molecular weight excluding hydrogens is 278 g/mol. The topological polar surface area (TPSA) is 122 Å². The van der Waals surface area contributed by atoms with Crippen molar-refractivity contribution in [1.29, 1.82) is 0 Å². The molecular formula is C13H19N3O5. The largest absolute Gasteiger partial charge is 0.481 e. The van der Waals surface area contributed by atoms with Crippen molar-refractivity contribution in [3.63, 3.8) is 0 Å². The molecule has 3 N–H and O–H groups in total. The molecule has 0 saturated carbocycles. The summed E-state index contributed by atoms with van der Waals surface area (Å²) in [6.45, 7) is 3.66. The number of nitrogens with zero attached hydrogens (tertiary/aromatic N) is 1. The van der Waals surface area contributed by atoms with E-state index in [1.54, 1.807) is 13.8 Å². The standard InChI is InChI=1S/C13H19N3O5/c1-8-9(2)21-11(15-8)7-14-13(20)16-10(17)5-3-4-6-12(18)19/h3-7H2,1-2H3,(H,18,19)(H2,14,16,17,20). The molecule has 0 radical (unpaired) electrons. The number of carboxylic acids is 1. The first-order valence-corrected chi connectivity index (χ1v) is 6.61. The number of carboxylic acid groups (broad SMARTS) is 1. The van der Waals surface area contributed by atoms with Gasteiger partial charge in [0.25, 0.3) is 0 Å². The zero-order valence-electron chi connectivity index (χ0n) is 12.1. The lowest BCUT2D eigenvalue weighted by Gasteiger charge is -2.04. The first-order chi connectivity index (χ1) is 9.88. The van der Waals surface area contributed by atoms with Gasteiger partial charge in [-0.2, -0.15) is 0 Å². The van der Waals surface area contributed by atoms with Crippen LogP contribution in [-0.2, 0) is 16.1 Å². The van der Waals surface area contributed by atoms with Gasteiger partial charge in [-0.25, -0.2) is 9.78 Å². The molecule has 0 saturated heterocycles. The van der Waals surface area contributed by atoms with E-state index in [2.05, 4.69) is 15.6 Å². The van der Waals surface area contributed by atoms with E-state index in [-0.39, 0.29) is 19.4 Å². The molecule has 0 aliphatic rings. The summed E-state index contributed by atoms with van der Waals surface area (Å²) >= 11 is 0. The highest BCUT2D eigenvalue weighted by molar-refractivity contribution is 5.94. The number of carbonyl (C=O) groups excluding carboxylic acids is 2. The van der Waals surface area contributed by atoms with Gasteiger partial charge >= 0.3 is 12.0 Å². The fourth-order valence-electron chi connectivity index (χ4n) is 1.57. The Morgan fingerprint density at radius 2 is 1.86 bits per heavy atom. The lowest BCUT2D eigenvalue weighted by Crippen LogP contribution is -2.39. The summed E-state index contributed by atoms with van der Waals surface area (Å²) in [7, 11) is 0. The molecule has 0 fully saturated rings. The minimum atomic E-state index is -0.898. The van der Waals surface area contributed by atoms with Gasteiger partial charge in [-0.3, -0.25) is 14.9 Å². The van der Waals surface area contributed by atoms with Crippen molar-refractivity contribution in [3.8, 4) is 0 Å². The van der Waals surface area contributed by atoms with Crippen LogP contribution in [0.2, 0.25) is 0 Å². The summed E-state index contributed by atoms with van der Waals surface area (Å²) in [6, 6.07) is -0.633. The normalized spacial score (nSPS) is 10.2. The number of urea groups is 1. The maximum atomic E-state index is 11.5. The predicted octanol–water partition coefficient (Wildman–Crippen LogP) is 1.26. The average Bonchev–Trinajstić information content (AvgIpc) is 2.71. The van der Waals surface area contributed by atoms with Gasteiger partial charge in [0.05, 0.1) is 12.2 Å².